The molecule has 0 N–H and O–H groups in total. The third-order valence-electron chi connectivity index (χ3n) is 5.20. The van der Waals surface area contributed by atoms with Gasteiger partial charge in [-0.1, -0.05) is 25.5 Å². The van der Waals surface area contributed by atoms with Crippen LogP contribution in [0, 0.1) is 0 Å². The highest BCUT2D eigenvalue weighted by atomic mass is 32.1. The predicted octanol–water partition coefficient (Wildman–Crippen LogP) is 2.97. The molecule has 1 aromatic heterocycles. The average molecular weight is 402 g/mol. The van der Waals surface area contributed by atoms with E-state index >= 15 is 0 Å². The van der Waals surface area contributed by atoms with Gasteiger partial charge in [-0.15, -0.1) is 11.3 Å². The fraction of sp³-hybridized carbons (Fsp3) is 0.524. The van der Waals surface area contributed by atoms with Gasteiger partial charge in [0.2, 0.25) is 6.10 Å². The van der Waals surface area contributed by atoms with Gasteiger partial charge in [-0.3, -0.25) is 9.69 Å². The number of rotatable bonds is 6. The van der Waals surface area contributed by atoms with Gasteiger partial charge >= 0.3 is 0 Å². The standard InChI is InChI=1S/C21H27N3O3S/c1-2-3-8-20-22-16(15-28-20)13-23-9-11-24(12-10-23)21(25)19-14-26-17-6-4-5-7-18(17)27-19/h4-7,15,19H,2-3,8-14H2,1H3. The third kappa shape index (κ3) is 4.47. The summed E-state index contributed by atoms with van der Waals surface area (Å²) in [4.78, 5) is 21.8. The molecule has 150 valence electrons. The van der Waals surface area contributed by atoms with Gasteiger partial charge in [0.1, 0.15) is 6.61 Å². The molecule has 2 aliphatic heterocycles. The number of unbranched alkanes of at least 4 members (excludes halogenated alkanes) is 1. The van der Waals surface area contributed by atoms with Crippen LogP contribution in [-0.4, -0.2) is 59.6 Å². The molecular formula is C21H27N3O3S. The summed E-state index contributed by atoms with van der Waals surface area (Å²) >= 11 is 1.76. The molecule has 6 nitrogen and oxygen atoms in total. The lowest BCUT2D eigenvalue weighted by Crippen LogP contribution is -2.53. The number of aromatic nitrogens is 1. The monoisotopic (exact) mass is 401 g/mol. The number of piperazine rings is 1. The zero-order chi connectivity index (χ0) is 19.3. The number of aryl methyl sites for hydroxylation is 1. The van der Waals surface area contributed by atoms with E-state index in [1.165, 1.54) is 17.8 Å². The van der Waals surface area contributed by atoms with Crippen molar-refractivity contribution < 1.29 is 14.3 Å². The molecule has 7 heteroatoms. The Labute approximate surface area is 170 Å². The van der Waals surface area contributed by atoms with Crippen molar-refractivity contribution in [3.8, 4) is 11.5 Å². The molecule has 1 saturated heterocycles. The van der Waals surface area contributed by atoms with E-state index in [1.54, 1.807) is 11.3 Å². The molecule has 0 spiro atoms. The Hall–Kier alpha value is -2.12. The van der Waals surface area contributed by atoms with Crippen molar-refractivity contribution in [1.29, 1.82) is 0 Å². The zero-order valence-electron chi connectivity index (χ0n) is 16.3. The number of nitrogens with zero attached hydrogens (tertiary/aromatic N) is 3. The summed E-state index contributed by atoms with van der Waals surface area (Å²) in [5.74, 6) is 1.37. The van der Waals surface area contributed by atoms with E-state index in [9.17, 15) is 4.79 Å². The lowest BCUT2D eigenvalue weighted by Gasteiger charge is -2.36. The molecule has 0 bridgehead atoms. The van der Waals surface area contributed by atoms with Crippen LogP contribution in [0.15, 0.2) is 29.6 Å². The number of fused-ring (bicyclic) bond motifs is 1. The molecule has 4 rings (SSSR count). The Bertz CT molecular complexity index is 802. The fourth-order valence-corrected chi connectivity index (χ4v) is 4.40. The normalized spacial score (nSPS) is 19.6. The maximum atomic E-state index is 12.8. The number of para-hydroxylation sites is 2. The molecule has 1 unspecified atom stereocenters. The van der Waals surface area contributed by atoms with Gasteiger partial charge in [-0.05, 0) is 25.0 Å². The number of carbonyl (C=O) groups is 1. The summed E-state index contributed by atoms with van der Waals surface area (Å²) in [5, 5.41) is 3.41. The first kappa shape index (κ1) is 19.2. The molecule has 0 radical (unpaired) electrons. The van der Waals surface area contributed by atoms with E-state index in [0.29, 0.717) is 24.6 Å². The van der Waals surface area contributed by atoms with Crippen molar-refractivity contribution in [1.82, 2.24) is 14.8 Å². The van der Waals surface area contributed by atoms with E-state index in [0.717, 1.165) is 31.7 Å². The largest absolute Gasteiger partial charge is 0.485 e. The second-order valence-electron chi connectivity index (χ2n) is 7.30. The molecule has 2 aromatic rings. The van der Waals surface area contributed by atoms with Crippen molar-refractivity contribution in [2.24, 2.45) is 0 Å². The SMILES string of the molecule is CCCCc1nc(CN2CCN(C(=O)C3COc4ccccc4O3)CC2)cs1. The first-order valence-corrected chi connectivity index (χ1v) is 10.9. The van der Waals surface area contributed by atoms with Gasteiger partial charge < -0.3 is 14.4 Å². The minimum atomic E-state index is -0.555. The molecule has 1 aromatic carbocycles. The van der Waals surface area contributed by atoms with Crippen molar-refractivity contribution >= 4 is 17.2 Å². The van der Waals surface area contributed by atoms with Crippen LogP contribution in [0.1, 0.15) is 30.5 Å². The number of hydrogen-bond donors (Lipinski definition) is 0. The summed E-state index contributed by atoms with van der Waals surface area (Å²) < 4.78 is 11.6. The Kier molecular flexibility index (Phi) is 6.12. The van der Waals surface area contributed by atoms with Crippen LogP contribution in [0.5, 0.6) is 11.5 Å². The Morgan fingerprint density at radius 1 is 1.21 bits per heavy atom. The molecule has 28 heavy (non-hydrogen) atoms. The van der Waals surface area contributed by atoms with Gasteiger partial charge in [-0.25, -0.2) is 4.98 Å². The molecule has 1 amide bonds. The average Bonchev–Trinajstić information content (AvgIpc) is 3.19. The lowest BCUT2D eigenvalue weighted by molar-refractivity contribution is -0.143. The van der Waals surface area contributed by atoms with Crippen LogP contribution in [0.2, 0.25) is 0 Å². The van der Waals surface area contributed by atoms with Crippen LogP contribution in [0.4, 0.5) is 0 Å². The van der Waals surface area contributed by atoms with Crippen LogP contribution in [0.25, 0.3) is 0 Å². The minimum absolute atomic E-state index is 0.0182. The highest BCUT2D eigenvalue weighted by Crippen LogP contribution is 2.31. The summed E-state index contributed by atoms with van der Waals surface area (Å²) in [6.07, 6.45) is 2.93. The van der Waals surface area contributed by atoms with Crippen LogP contribution in [0.3, 0.4) is 0 Å². The summed E-state index contributed by atoms with van der Waals surface area (Å²) in [6.45, 7) is 6.49. The number of ether oxygens (including phenoxy) is 2. The van der Waals surface area contributed by atoms with E-state index in [4.69, 9.17) is 14.5 Å². The molecule has 3 heterocycles. The second-order valence-corrected chi connectivity index (χ2v) is 8.24. The number of thiazole rings is 1. The number of amides is 1. The Balaban J connectivity index is 1.26. The predicted molar refractivity (Wildman–Crippen MR) is 109 cm³/mol. The number of benzene rings is 1. The van der Waals surface area contributed by atoms with Crippen molar-refractivity contribution in [3.63, 3.8) is 0 Å². The van der Waals surface area contributed by atoms with Gasteiger partial charge in [0.25, 0.3) is 5.91 Å². The zero-order valence-corrected chi connectivity index (χ0v) is 17.1. The Morgan fingerprint density at radius 2 is 2.00 bits per heavy atom. The first-order valence-electron chi connectivity index (χ1n) is 10.1. The topological polar surface area (TPSA) is 54.9 Å². The van der Waals surface area contributed by atoms with Crippen molar-refractivity contribution in [3.05, 3.63) is 40.3 Å². The van der Waals surface area contributed by atoms with Crippen LogP contribution in [-0.2, 0) is 17.8 Å². The van der Waals surface area contributed by atoms with Gasteiger partial charge in [0, 0.05) is 38.1 Å². The molecule has 2 aliphatic rings. The number of hydrogen-bond acceptors (Lipinski definition) is 6. The van der Waals surface area contributed by atoms with Crippen LogP contribution < -0.4 is 9.47 Å². The Morgan fingerprint density at radius 3 is 2.79 bits per heavy atom. The molecule has 0 saturated carbocycles. The summed E-state index contributed by atoms with van der Waals surface area (Å²) in [5.41, 5.74) is 1.15. The molecule has 1 fully saturated rings. The van der Waals surface area contributed by atoms with Gasteiger partial charge in [0.15, 0.2) is 11.5 Å². The molecule has 1 atom stereocenters. The minimum Gasteiger partial charge on any atom is -0.485 e. The molecule has 0 aliphatic carbocycles. The van der Waals surface area contributed by atoms with E-state index in [1.807, 2.05) is 29.2 Å². The van der Waals surface area contributed by atoms with E-state index in [2.05, 4.69) is 17.2 Å². The highest BCUT2D eigenvalue weighted by molar-refractivity contribution is 7.09. The first-order chi connectivity index (χ1) is 13.7. The van der Waals surface area contributed by atoms with Crippen molar-refractivity contribution in [2.45, 2.75) is 38.8 Å². The summed E-state index contributed by atoms with van der Waals surface area (Å²) in [7, 11) is 0. The highest BCUT2D eigenvalue weighted by Gasteiger charge is 2.32. The third-order valence-corrected chi connectivity index (χ3v) is 6.15. The number of carbonyl (C=O) groups excluding carboxylic acids is 1. The van der Waals surface area contributed by atoms with E-state index < -0.39 is 6.10 Å². The van der Waals surface area contributed by atoms with Crippen LogP contribution >= 0.6 is 11.3 Å². The smallest absolute Gasteiger partial charge is 0.267 e. The van der Waals surface area contributed by atoms with Gasteiger partial charge in [0.05, 0.1) is 10.7 Å². The van der Waals surface area contributed by atoms with Crippen molar-refractivity contribution in [2.75, 3.05) is 32.8 Å². The maximum Gasteiger partial charge on any atom is 0.267 e. The fourth-order valence-electron chi connectivity index (χ4n) is 3.56. The summed E-state index contributed by atoms with van der Waals surface area (Å²) in [6, 6.07) is 7.49. The van der Waals surface area contributed by atoms with E-state index in [-0.39, 0.29) is 12.5 Å². The maximum absolute atomic E-state index is 12.8. The molecular weight excluding hydrogens is 374 g/mol. The second kappa shape index (κ2) is 8.92. The lowest BCUT2D eigenvalue weighted by atomic mass is 10.2. The van der Waals surface area contributed by atoms with Gasteiger partial charge in [-0.2, -0.15) is 0 Å². The quantitative estimate of drug-likeness (QED) is 0.745.